The summed E-state index contributed by atoms with van der Waals surface area (Å²) < 4.78 is 25.4. The van der Waals surface area contributed by atoms with Gasteiger partial charge in [0.05, 0.1) is 12.7 Å². The van der Waals surface area contributed by atoms with Crippen LogP contribution in [0.15, 0.2) is 12.1 Å². The molecule has 1 amide bonds. The molecule has 2 aliphatic heterocycles. The van der Waals surface area contributed by atoms with Crippen LogP contribution in [-0.4, -0.2) is 60.3 Å². The lowest BCUT2D eigenvalue weighted by Gasteiger charge is -2.41. The van der Waals surface area contributed by atoms with Gasteiger partial charge in [-0.3, -0.25) is 4.90 Å². The van der Waals surface area contributed by atoms with Crippen molar-refractivity contribution in [3.05, 3.63) is 40.5 Å². The minimum absolute atomic E-state index is 0.0663. The Kier molecular flexibility index (Phi) is 5.92. The highest BCUT2D eigenvalue weighted by Crippen LogP contribution is 2.34. The van der Waals surface area contributed by atoms with Crippen LogP contribution in [-0.2, 0) is 9.47 Å². The highest BCUT2D eigenvalue weighted by Gasteiger charge is 2.35. The molecular formula is C21H28FN3O3. The van der Waals surface area contributed by atoms with Crippen LogP contribution < -0.4 is 0 Å². The zero-order valence-electron chi connectivity index (χ0n) is 17.0. The Morgan fingerprint density at radius 2 is 2.07 bits per heavy atom. The summed E-state index contributed by atoms with van der Waals surface area (Å²) in [6, 6.07) is 3.27. The molecule has 1 aromatic rings. The number of piperazine rings is 1. The average molecular weight is 389 g/mol. The smallest absolute Gasteiger partial charge is 0.410 e. The Balaban J connectivity index is 1.71. The van der Waals surface area contributed by atoms with Crippen LogP contribution in [0.1, 0.15) is 44.4 Å². The van der Waals surface area contributed by atoms with Crippen molar-refractivity contribution >= 4 is 11.8 Å². The second-order valence-corrected chi connectivity index (χ2v) is 8.45. The van der Waals surface area contributed by atoms with E-state index in [1.165, 1.54) is 6.07 Å². The number of amides is 1. The summed E-state index contributed by atoms with van der Waals surface area (Å²) in [6.07, 6.45) is 0.329. The van der Waals surface area contributed by atoms with E-state index in [1.54, 1.807) is 17.9 Å². The maximum absolute atomic E-state index is 13.9. The van der Waals surface area contributed by atoms with Crippen molar-refractivity contribution in [2.24, 2.45) is 0 Å². The first-order chi connectivity index (χ1) is 13.2. The van der Waals surface area contributed by atoms with E-state index in [1.807, 2.05) is 20.8 Å². The summed E-state index contributed by atoms with van der Waals surface area (Å²) in [5.41, 5.74) is 1.07. The molecule has 2 heterocycles. The maximum atomic E-state index is 13.9. The summed E-state index contributed by atoms with van der Waals surface area (Å²) in [7, 11) is 0. The van der Waals surface area contributed by atoms with Gasteiger partial charge in [-0.25, -0.2) is 14.0 Å². The molecule has 3 rings (SSSR count). The quantitative estimate of drug-likeness (QED) is 0.680. The van der Waals surface area contributed by atoms with Crippen LogP contribution >= 0.6 is 0 Å². The van der Waals surface area contributed by atoms with Crippen molar-refractivity contribution in [1.29, 1.82) is 0 Å². The van der Waals surface area contributed by atoms with E-state index >= 15 is 0 Å². The van der Waals surface area contributed by atoms with Crippen molar-refractivity contribution < 1.29 is 18.7 Å². The molecule has 0 saturated carbocycles. The highest BCUT2D eigenvalue weighted by atomic mass is 19.1. The first-order valence-electron chi connectivity index (χ1n) is 9.69. The summed E-state index contributed by atoms with van der Waals surface area (Å²) >= 11 is 0. The molecule has 0 radical (unpaired) electrons. The average Bonchev–Trinajstić information content (AvgIpc) is 2.82. The molecule has 152 valence electrons. The Morgan fingerprint density at radius 3 is 2.75 bits per heavy atom. The SMILES string of the molecule is [C-]#[N+]c1c(F)ccc([C@H]2CN3CCN(C(=O)OC(C)(C)C)C[C@@H]3CCO2)c1C. The van der Waals surface area contributed by atoms with E-state index in [0.29, 0.717) is 31.8 Å². The first-order valence-corrected chi connectivity index (χ1v) is 9.69. The molecule has 0 unspecified atom stereocenters. The van der Waals surface area contributed by atoms with Crippen LogP contribution in [0.2, 0.25) is 0 Å². The molecule has 2 atom stereocenters. The summed E-state index contributed by atoms with van der Waals surface area (Å²) in [4.78, 5) is 19.8. The number of hydrogen-bond acceptors (Lipinski definition) is 4. The predicted octanol–water partition coefficient (Wildman–Crippen LogP) is 4.07. The van der Waals surface area contributed by atoms with E-state index in [4.69, 9.17) is 16.0 Å². The first kappa shape index (κ1) is 20.6. The van der Waals surface area contributed by atoms with Gasteiger partial charge in [0.25, 0.3) is 0 Å². The highest BCUT2D eigenvalue weighted by molar-refractivity contribution is 5.68. The van der Waals surface area contributed by atoms with Gasteiger partial charge in [-0.15, -0.1) is 0 Å². The monoisotopic (exact) mass is 389 g/mol. The van der Waals surface area contributed by atoms with Crippen LogP contribution in [0.5, 0.6) is 0 Å². The van der Waals surface area contributed by atoms with Crippen LogP contribution in [0.4, 0.5) is 14.9 Å². The molecule has 1 aromatic carbocycles. The molecular weight excluding hydrogens is 361 g/mol. The molecule has 0 aliphatic carbocycles. The molecule has 0 spiro atoms. The zero-order chi connectivity index (χ0) is 20.5. The van der Waals surface area contributed by atoms with Crippen molar-refractivity contribution in [2.75, 3.05) is 32.8 Å². The fraction of sp³-hybridized carbons (Fsp3) is 0.619. The summed E-state index contributed by atoms with van der Waals surface area (Å²) in [6.45, 7) is 17.8. The fourth-order valence-corrected chi connectivity index (χ4v) is 3.87. The van der Waals surface area contributed by atoms with E-state index < -0.39 is 11.4 Å². The number of ether oxygens (including phenoxy) is 2. The van der Waals surface area contributed by atoms with Gasteiger partial charge in [0.2, 0.25) is 5.69 Å². The van der Waals surface area contributed by atoms with Crippen molar-refractivity contribution in [3.63, 3.8) is 0 Å². The number of halogens is 1. The second-order valence-electron chi connectivity index (χ2n) is 8.45. The zero-order valence-corrected chi connectivity index (χ0v) is 17.0. The maximum Gasteiger partial charge on any atom is 0.410 e. The van der Waals surface area contributed by atoms with E-state index in [-0.39, 0.29) is 23.9 Å². The van der Waals surface area contributed by atoms with E-state index in [2.05, 4.69) is 9.74 Å². The van der Waals surface area contributed by atoms with Crippen LogP contribution in [0, 0.1) is 19.3 Å². The second kappa shape index (κ2) is 8.06. The Morgan fingerprint density at radius 1 is 1.32 bits per heavy atom. The van der Waals surface area contributed by atoms with Crippen LogP contribution in [0.3, 0.4) is 0 Å². The van der Waals surface area contributed by atoms with Gasteiger partial charge in [0.1, 0.15) is 11.4 Å². The van der Waals surface area contributed by atoms with E-state index in [0.717, 1.165) is 18.5 Å². The Labute approximate surface area is 166 Å². The molecule has 28 heavy (non-hydrogen) atoms. The van der Waals surface area contributed by atoms with E-state index in [9.17, 15) is 9.18 Å². The molecule has 0 N–H and O–H groups in total. The van der Waals surface area contributed by atoms with Gasteiger partial charge in [0.15, 0.2) is 0 Å². The normalized spacial score (nSPS) is 23.5. The molecule has 0 aromatic heterocycles. The molecule has 2 fully saturated rings. The number of hydrogen-bond donors (Lipinski definition) is 0. The van der Waals surface area contributed by atoms with Gasteiger partial charge in [0, 0.05) is 38.8 Å². The molecule has 7 heteroatoms. The van der Waals surface area contributed by atoms with Crippen molar-refractivity contribution in [1.82, 2.24) is 9.80 Å². The van der Waals surface area contributed by atoms with Crippen molar-refractivity contribution in [2.45, 2.75) is 51.9 Å². The minimum atomic E-state index is -0.507. The summed E-state index contributed by atoms with van der Waals surface area (Å²) in [5.74, 6) is -0.492. The van der Waals surface area contributed by atoms with Crippen LogP contribution in [0.25, 0.3) is 4.85 Å². The number of rotatable bonds is 1. The molecule has 2 saturated heterocycles. The Hall–Kier alpha value is -2.17. The third-order valence-electron chi connectivity index (χ3n) is 5.31. The largest absolute Gasteiger partial charge is 0.444 e. The predicted molar refractivity (Wildman–Crippen MR) is 104 cm³/mol. The number of benzene rings is 1. The number of carbonyl (C=O) groups excluding carboxylic acids is 1. The lowest BCUT2D eigenvalue weighted by atomic mass is 10.00. The lowest BCUT2D eigenvalue weighted by molar-refractivity contribution is 0.00193. The van der Waals surface area contributed by atoms with Gasteiger partial charge in [-0.05, 0) is 51.3 Å². The standard InChI is InChI=1S/C21H28FN3O3/c1-14-16(6-7-17(22)19(14)23-5)18-13-24-9-10-25(12-15(24)8-11-27-18)20(26)28-21(2,3)4/h6-7,15,18H,8-13H2,1-4H3/t15-,18+/m0/s1. The van der Waals surface area contributed by atoms with Crippen molar-refractivity contribution in [3.8, 4) is 0 Å². The lowest BCUT2D eigenvalue weighted by Crippen LogP contribution is -2.55. The van der Waals surface area contributed by atoms with Gasteiger partial charge in [-0.1, -0.05) is 6.07 Å². The molecule has 2 aliphatic rings. The molecule has 0 bridgehead atoms. The fourth-order valence-electron chi connectivity index (χ4n) is 3.87. The Bertz CT molecular complexity index is 784. The third kappa shape index (κ3) is 4.45. The molecule has 6 nitrogen and oxygen atoms in total. The topological polar surface area (TPSA) is 46.4 Å². The summed E-state index contributed by atoms with van der Waals surface area (Å²) in [5, 5.41) is 0. The number of carbonyl (C=O) groups is 1. The van der Waals surface area contributed by atoms with Gasteiger partial charge >= 0.3 is 6.09 Å². The third-order valence-corrected chi connectivity index (χ3v) is 5.31. The van der Waals surface area contributed by atoms with Gasteiger partial charge in [-0.2, -0.15) is 0 Å². The van der Waals surface area contributed by atoms with Gasteiger partial charge < -0.3 is 14.4 Å². The number of fused-ring (bicyclic) bond motifs is 1. The number of nitrogens with zero attached hydrogens (tertiary/aromatic N) is 3. The minimum Gasteiger partial charge on any atom is -0.444 e.